The molecule has 0 heterocycles. The van der Waals surface area contributed by atoms with Gasteiger partial charge in [-0.15, -0.1) is 0 Å². The molecule has 8 heteroatoms. The number of anilines is 1. The standard InChI is InChI=1S/C25H35N3O4S/c1-6-13-26-25(30)21(4)27(14-12-22-10-8-7-9-11-22)24(29)18-28(33(5,31)32)23-16-19(2)15-20(3)17-23/h7-11,15-17,21H,6,12-14,18H2,1-5H3,(H,26,30). The Morgan fingerprint density at radius 3 is 2.18 bits per heavy atom. The summed E-state index contributed by atoms with van der Waals surface area (Å²) in [5, 5.41) is 2.83. The van der Waals surface area contributed by atoms with E-state index in [-0.39, 0.29) is 12.5 Å². The van der Waals surface area contributed by atoms with Gasteiger partial charge in [0.15, 0.2) is 0 Å². The van der Waals surface area contributed by atoms with E-state index in [1.54, 1.807) is 19.1 Å². The first kappa shape index (κ1) is 26.4. The second-order valence-corrected chi connectivity index (χ2v) is 10.3. The minimum Gasteiger partial charge on any atom is -0.354 e. The molecular weight excluding hydrogens is 438 g/mol. The molecule has 2 amide bonds. The highest BCUT2D eigenvalue weighted by Crippen LogP contribution is 2.22. The lowest BCUT2D eigenvalue weighted by Gasteiger charge is -2.31. The Bertz CT molecular complexity index is 1030. The summed E-state index contributed by atoms with van der Waals surface area (Å²) < 4.78 is 26.3. The third-order valence-electron chi connectivity index (χ3n) is 5.37. The van der Waals surface area contributed by atoms with Crippen molar-refractivity contribution >= 4 is 27.5 Å². The van der Waals surface area contributed by atoms with Crippen LogP contribution < -0.4 is 9.62 Å². The summed E-state index contributed by atoms with van der Waals surface area (Å²) in [4.78, 5) is 27.6. The number of carbonyl (C=O) groups is 2. The molecule has 0 spiro atoms. The molecule has 33 heavy (non-hydrogen) atoms. The van der Waals surface area contributed by atoms with Gasteiger partial charge < -0.3 is 10.2 Å². The number of aryl methyl sites for hydroxylation is 2. The first-order valence-electron chi connectivity index (χ1n) is 11.2. The fraction of sp³-hybridized carbons (Fsp3) is 0.440. The number of rotatable bonds is 11. The third kappa shape index (κ3) is 7.89. The minimum absolute atomic E-state index is 0.254. The minimum atomic E-state index is -3.72. The SMILES string of the molecule is CCCNC(=O)C(C)N(CCc1ccccc1)C(=O)CN(c1cc(C)cc(C)c1)S(C)(=O)=O. The summed E-state index contributed by atoms with van der Waals surface area (Å²) >= 11 is 0. The van der Waals surface area contributed by atoms with E-state index in [9.17, 15) is 18.0 Å². The van der Waals surface area contributed by atoms with Crippen molar-refractivity contribution in [3.8, 4) is 0 Å². The number of hydrogen-bond donors (Lipinski definition) is 1. The van der Waals surface area contributed by atoms with Gasteiger partial charge in [0.25, 0.3) is 0 Å². The average Bonchev–Trinajstić information content (AvgIpc) is 2.75. The predicted octanol–water partition coefficient (Wildman–Crippen LogP) is 3.06. The van der Waals surface area contributed by atoms with E-state index in [0.29, 0.717) is 25.2 Å². The van der Waals surface area contributed by atoms with Crippen molar-refractivity contribution < 1.29 is 18.0 Å². The number of benzene rings is 2. The molecule has 0 radical (unpaired) electrons. The van der Waals surface area contributed by atoms with Crippen LogP contribution in [0.15, 0.2) is 48.5 Å². The van der Waals surface area contributed by atoms with E-state index in [1.165, 1.54) is 4.90 Å². The van der Waals surface area contributed by atoms with Gasteiger partial charge in [0.2, 0.25) is 21.8 Å². The molecule has 0 aliphatic carbocycles. The highest BCUT2D eigenvalue weighted by molar-refractivity contribution is 7.92. The lowest BCUT2D eigenvalue weighted by atomic mass is 10.1. The Morgan fingerprint density at radius 1 is 1.03 bits per heavy atom. The van der Waals surface area contributed by atoms with Gasteiger partial charge in [0.1, 0.15) is 12.6 Å². The highest BCUT2D eigenvalue weighted by atomic mass is 32.2. The fourth-order valence-corrected chi connectivity index (χ4v) is 4.51. The predicted molar refractivity (Wildman–Crippen MR) is 133 cm³/mol. The Kier molecular flexibility index (Phi) is 9.46. The number of carbonyl (C=O) groups excluding carboxylic acids is 2. The second kappa shape index (κ2) is 11.8. The molecule has 7 nitrogen and oxygen atoms in total. The zero-order valence-electron chi connectivity index (χ0n) is 20.2. The molecule has 2 rings (SSSR count). The Hall–Kier alpha value is -2.87. The molecule has 1 atom stereocenters. The normalized spacial score (nSPS) is 12.2. The van der Waals surface area contributed by atoms with Gasteiger partial charge in [-0.2, -0.15) is 0 Å². The quantitative estimate of drug-likeness (QED) is 0.543. The van der Waals surface area contributed by atoms with E-state index in [4.69, 9.17) is 0 Å². The Labute approximate surface area is 197 Å². The molecule has 0 aliphatic rings. The summed E-state index contributed by atoms with van der Waals surface area (Å²) in [7, 11) is -3.72. The highest BCUT2D eigenvalue weighted by Gasteiger charge is 2.29. The van der Waals surface area contributed by atoms with Gasteiger partial charge in [-0.25, -0.2) is 8.42 Å². The van der Waals surface area contributed by atoms with E-state index in [1.807, 2.05) is 57.2 Å². The topological polar surface area (TPSA) is 86.8 Å². The molecule has 180 valence electrons. The van der Waals surface area contributed by atoms with Gasteiger partial charge in [-0.05, 0) is 62.4 Å². The molecule has 0 aliphatic heterocycles. The van der Waals surface area contributed by atoms with Crippen molar-refractivity contribution in [1.82, 2.24) is 10.2 Å². The van der Waals surface area contributed by atoms with Crippen molar-refractivity contribution in [2.24, 2.45) is 0 Å². The van der Waals surface area contributed by atoms with E-state index in [2.05, 4.69) is 5.32 Å². The third-order valence-corrected chi connectivity index (χ3v) is 6.51. The zero-order valence-corrected chi connectivity index (χ0v) is 21.0. The monoisotopic (exact) mass is 473 g/mol. The second-order valence-electron chi connectivity index (χ2n) is 8.41. The molecule has 0 fully saturated rings. The molecule has 0 aromatic heterocycles. The van der Waals surface area contributed by atoms with Gasteiger partial charge in [0, 0.05) is 13.1 Å². The van der Waals surface area contributed by atoms with Gasteiger partial charge in [0.05, 0.1) is 11.9 Å². The van der Waals surface area contributed by atoms with Gasteiger partial charge in [-0.3, -0.25) is 13.9 Å². The van der Waals surface area contributed by atoms with Gasteiger partial charge >= 0.3 is 0 Å². The number of nitrogens with zero attached hydrogens (tertiary/aromatic N) is 2. The van der Waals surface area contributed by atoms with E-state index < -0.39 is 22.0 Å². The van der Waals surface area contributed by atoms with Crippen LogP contribution in [0.1, 0.15) is 37.0 Å². The van der Waals surface area contributed by atoms with Crippen LogP contribution in [0.4, 0.5) is 5.69 Å². The molecule has 0 saturated carbocycles. The fourth-order valence-electron chi connectivity index (χ4n) is 3.67. The van der Waals surface area contributed by atoms with Crippen LogP contribution in [0.25, 0.3) is 0 Å². The van der Waals surface area contributed by atoms with Crippen molar-refractivity contribution in [2.75, 3.05) is 30.2 Å². The average molecular weight is 474 g/mol. The smallest absolute Gasteiger partial charge is 0.244 e. The maximum Gasteiger partial charge on any atom is 0.244 e. The van der Waals surface area contributed by atoms with Crippen LogP contribution >= 0.6 is 0 Å². The van der Waals surface area contributed by atoms with Crippen LogP contribution in [0.5, 0.6) is 0 Å². The molecular formula is C25H35N3O4S. The molecule has 2 aromatic carbocycles. The number of sulfonamides is 1. The molecule has 0 saturated heterocycles. The number of hydrogen-bond acceptors (Lipinski definition) is 4. The molecule has 2 aromatic rings. The van der Waals surface area contributed by atoms with Crippen LogP contribution in [0.2, 0.25) is 0 Å². The first-order chi connectivity index (χ1) is 15.5. The van der Waals surface area contributed by atoms with Crippen LogP contribution in [-0.4, -0.2) is 57.1 Å². The Balaban J connectivity index is 2.32. The Morgan fingerprint density at radius 2 is 1.64 bits per heavy atom. The summed E-state index contributed by atoms with van der Waals surface area (Å²) in [6.07, 6.45) is 2.43. The zero-order chi connectivity index (χ0) is 24.6. The largest absolute Gasteiger partial charge is 0.354 e. The summed E-state index contributed by atoms with van der Waals surface area (Å²) in [6, 6.07) is 14.4. The van der Waals surface area contributed by atoms with E-state index >= 15 is 0 Å². The number of nitrogens with one attached hydrogen (secondary N) is 1. The van der Waals surface area contributed by atoms with E-state index in [0.717, 1.165) is 33.7 Å². The number of amides is 2. The maximum atomic E-state index is 13.4. The lowest BCUT2D eigenvalue weighted by Crippen LogP contribution is -2.52. The van der Waals surface area contributed by atoms with Crippen molar-refractivity contribution in [3.63, 3.8) is 0 Å². The van der Waals surface area contributed by atoms with Crippen molar-refractivity contribution in [3.05, 3.63) is 65.2 Å². The molecule has 1 N–H and O–H groups in total. The molecule has 1 unspecified atom stereocenters. The van der Waals surface area contributed by atoms with Crippen LogP contribution in [0, 0.1) is 13.8 Å². The van der Waals surface area contributed by atoms with Crippen LogP contribution in [0.3, 0.4) is 0 Å². The lowest BCUT2D eigenvalue weighted by molar-refractivity contribution is -0.138. The molecule has 0 bridgehead atoms. The maximum absolute atomic E-state index is 13.4. The van der Waals surface area contributed by atoms with Crippen molar-refractivity contribution in [2.45, 2.75) is 46.6 Å². The van der Waals surface area contributed by atoms with Crippen molar-refractivity contribution in [1.29, 1.82) is 0 Å². The van der Waals surface area contributed by atoms with Gasteiger partial charge in [-0.1, -0.05) is 43.3 Å². The van der Waals surface area contributed by atoms with Crippen LogP contribution in [-0.2, 0) is 26.0 Å². The summed E-state index contributed by atoms with van der Waals surface area (Å²) in [5.74, 6) is -0.676. The summed E-state index contributed by atoms with van der Waals surface area (Å²) in [5.41, 5.74) is 3.28. The first-order valence-corrected chi connectivity index (χ1v) is 13.0. The summed E-state index contributed by atoms with van der Waals surface area (Å²) in [6.45, 7) is 7.83.